The number of allylic oxidation sites excluding steroid dienone is 4. The molecule has 2 heterocycles. The molecule has 2 aliphatic rings. The van der Waals surface area contributed by atoms with Gasteiger partial charge in [-0.2, -0.15) is 0 Å². The molecule has 190 valence electrons. The van der Waals surface area contributed by atoms with Crippen molar-refractivity contribution in [1.29, 1.82) is 0 Å². The van der Waals surface area contributed by atoms with Crippen molar-refractivity contribution in [2.24, 2.45) is 0 Å². The zero-order valence-electron chi connectivity index (χ0n) is 22.4. The average Bonchev–Trinajstić information content (AvgIpc) is 3.01. The lowest BCUT2D eigenvalue weighted by molar-refractivity contribution is 0.465. The van der Waals surface area contributed by atoms with Gasteiger partial charge in [-0.1, -0.05) is 110 Å². The third-order valence-corrected chi connectivity index (χ3v) is 7.96. The van der Waals surface area contributed by atoms with Gasteiger partial charge in [0.15, 0.2) is 0 Å². The summed E-state index contributed by atoms with van der Waals surface area (Å²) in [6.45, 7) is 10.0. The Kier molecular flexibility index (Phi) is 5.79. The van der Waals surface area contributed by atoms with Gasteiger partial charge in [-0.15, -0.1) is 0 Å². The van der Waals surface area contributed by atoms with E-state index < -0.39 is 0 Å². The SMILES string of the molecule is C=C/C(C)=C(\C=C)c1ccc2c(c1)Oc1ccc(-c3ccccc3)c3c1B2c1ccc(-c2ccccc2)cc1O3. The molecule has 5 aromatic rings. The Bertz CT molecular complexity index is 1830. The van der Waals surface area contributed by atoms with Gasteiger partial charge in [-0.3, -0.25) is 0 Å². The van der Waals surface area contributed by atoms with E-state index in [0.717, 1.165) is 78.3 Å². The molecule has 0 radical (unpaired) electrons. The van der Waals surface area contributed by atoms with Crippen molar-refractivity contribution >= 4 is 28.7 Å². The number of rotatable bonds is 5. The molecule has 0 aliphatic carbocycles. The molecular weight excluding hydrogens is 487 g/mol. The van der Waals surface area contributed by atoms with Crippen LogP contribution in [0.25, 0.3) is 27.8 Å². The van der Waals surface area contributed by atoms with Crippen molar-refractivity contribution in [3.8, 4) is 45.3 Å². The summed E-state index contributed by atoms with van der Waals surface area (Å²) in [6.07, 6.45) is 3.75. The van der Waals surface area contributed by atoms with Gasteiger partial charge in [-0.05, 0) is 75.5 Å². The predicted molar refractivity (Wildman–Crippen MR) is 168 cm³/mol. The molecule has 2 aliphatic heterocycles. The fourth-order valence-corrected chi connectivity index (χ4v) is 5.92. The van der Waals surface area contributed by atoms with Crippen molar-refractivity contribution < 1.29 is 9.47 Å². The van der Waals surface area contributed by atoms with Crippen molar-refractivity contribution in [2.45, 2.75) is 6.92 Å². The van der Waals surface area contributed by atoms with E-state index in [2.05, 4.69) is 117 Å². The molecule has 0 bridgehead atoms. The Labute approximate surface area is 235 Å². The minimum absolute atomic E-state index is 0.0169. The number of benzene rings is 5. The quantitative estimate of drug-likeness (QED) is 0.172. The maximum atomic E-state index is 6.80. The molecule has 5 aromatic carbocycles. The van der Waals surface area contributed by atoms with Crippen LogP contribution in [0, 0.1) is 0 Å². The van der Waals surface area contributed by atoms with Crippen LogP contribution in [0.4, 0.5) is 0 Å². The van der Waals surface area contributed by atoms with Gasteiger partial charge in [0, 0.05) is 11.0 Å². The third kappa shape index (κ3) is 3.82. The molecular formula is C37H27BO2. The van der Waals surface area contributed by atoms with Crippen LogP contribution in [0.1, 0.15) is 12.5 Å². The van der Waals surface area contributed by atoms with E-state index >= 15 is 0 Å². The molecule has 2 nitrogen and oxygen atoms in total. The number of hydrogen-bond donors (Lipinski definition) is 0. The lowest BCUT2D eigenvalue weighted by Crippen LogP contribution is -2.57. The average molecular weight is 514 g/mol. The van der Waals surface area contributed by atoms with Crippen LogP contribution in [0.3, 0.4) is 0 Å². The van der Waals surface area contributed by atoms with Crippen molar-refractivity contribution in [1.82, 2.24) is 0 Å². The fraction of sp³-hybridized carbons (Fsp3) is 0.0270. The Morgan fingerprint density at radius 3 is 2.00 bits per heavy atom. The number of hydrogen-bond acceptors (Lipinski definition) is 2. The second-order valence-corrected chi connectivity index (χ2v) is 10.2. The Hall–Kier alpha value is -5.02. The van der Waals surface area contributed by atoms with Crippen LogP contribution in [0.2, 0.25) is 0 Å². The van der Waals surface area contributed by atoms with Gasteiger partial charge in [0.2, 0.25) is 0 Å². The van der Waals surface area contributed by atoms with E-state index in [-0.39, 0.29) is 6.71 Å². The van der Waals surface area contributed by atoms with Crippen LogP contribution in [-0.4, -0.2) is 6.71 Å². The second-order valence-electron chi connectivity index (χ2n) is 10.2. The van der Waals surface area contributed by atoms with Gasteiger partial charge in [-0.25, -0.2) is 0 Å². The summed E-state index contributed by atoms with van der Waals surface area (Å²) in [5.41, 5.74) is 11.0. The highest BCUT2D eigenvalue weighted by atomic mass is 16.5. The Morgan fingerprint density at radius 2 is 1.30 bits per heavy atom. The molecule has 0 saturated heterocycles. The molecule has 0 fully saturated rings. The Balaban J connectivity index is 1.45. The molecule has 0 spiro atoms. The first-order valence-corrected chi connectivity index (χ1v) is 13.5. The minimum Gasteiger partial charge on any atom is -0.458 e. The highest BCUT2D eigenvalue weighted by Gasteiger charge is 2.41. The minimum atomic E-state index is -0.0169. The third-order valence-electron chi connectivity index (χ3n) is 7.96. The van der Waals surface area contributed by atoms with Gasteiger partial charge < -0.3 is 9.47 Å². The van der Waals surface area contributed by atoms with E-state index in [1.807, 2.05) is 24.3 Å². The van der Waals surface area contributed by atoms with Gasteiger partial charge in [0.1, 0.15) is 23.0 Å². The highest BCUT2D eigenvalue weighted by Crippen LogP contribution is 2.42. The second kappa shape index (κ2) is 9.62. The molecule has 7 rings (SSSR count). The smallest absolute Gasteiger partial charge is 0.260 e. The summed E-state index contributed by atoms with van der Waals surface area (Å²) in [4.78, 5) is 0. The van der Waals surface area contributed by atoms with E-state index in [4.69, 9.17) is 9.47 Å². The van der Waals surface area contributed by atoms with Crippen molar-refractivity contribution in [3.05, 3.63) is 146 Å². The normalized spacial score (nSPS) is 13.1. The molecule has 0 aromatic heterocycles. The summed E-state index contributed by atoms with van der Waals surface area (Å²) < 4.78 is 13.4. The van der Waals surface area contributed by atoms with Crippen LogP contribution < -0.4 is 25.9 Å². The molecule has 40 heavy (non-hydrogen) atoms. The first-order valence-electron chi connectivity index (χ1n) is 13.5. The summed E-state index contributed by atoms with van der Waals surface area (Å²) >= 11 is 0. The topological polar surface area (TPSA) is 18.5 Å². The maximum absolute atomic E-state index is 6.80. The molecule has 0 saturated carbocycles. The van der Waals surface area contributed by atoms with Crippen LogP contribution in [-0.2, 0) is 0 Å². The first-order chi connectivity index (χ1) is 19.7. The molecule has 0 N–H and O–H groups in total. The molecule has 0 unspecified atom stereocenters. The van der Waals surface area contributed by atoms with Gasteiger partial charge in [0.25, 0.3) is 6.71 Å². The summed E-state index contributed by atoms with van der Waals surface area (Å²) in [7, 11) is 0. The van der Waals surface area contributed by atoms with E-state index in [0.29, 0.717) is 0 Å². The summed E-state index contributed by atoms with van der Waals surface area (Å²) in [6, 6.07) is 38.1. The highest BCUT2D eigenvalue weighted by molar-refractivity contribution is 6.98. The van der Waals surface area contributed by atoms with Crippen LogP contribution >= 0.6 is 0 Å². The molecule has 0 amide bonds. The van der Waals surface area contributed by atoms with E-state index in [9.17, 15) is 0 Å². The lowest BCUT2D eigenvalue weighted by Gasteiger charge is -2.34. The molecule has 0 atom stereocenters. The fourth-order valence-electron chi connectivity index (χ4n) is 5.92. The van der Waals surface area contributed by atoms with Crippen molar-refractivity contribution in [3.63, 3.8) is 0 Å². The molecule has 3 heteroatoms. The van der Waals surface area contributed by atoms with Crippen LogP contribution in [0.15, 0.2) is 140 Å². The Morgan fingerprint density at radius 1 is 0.625 bits per heavy atom. The lowest BCUT2D eigenvalue weighted by atomic mass is 9.34. The summed E-state index contributed by atoms with van der Waals surface area (Å²) in [5.74, 6) is 3.41. The van der Waals surface area contributed by atoms with E-state index in [1.165, 1.54) is 0 Å². The van der Waals surface area contributed by atoms with Gasteiger partial charge in [0.05, 0.1) is 0 Å². The maximum Gasteiger partial charge on any atom is 0.260 e. The van der Waals surface area contributed by atoms with Gasteiger partial charge >= 0.3 is 0 Å². The zero-order chi connectivity index (χ0) is 27.2. The largest absolute Gasteiger partial charge is 0.458 e. The van der Waals surface area contributed by atoms with Crippen molar-refractivity contribution in [2.75, 3.05) is 0 Å². The first kappa shape index (κ1) is 24.1. The summed E-state index contributed by atoms with van der Waals surface area (Å²) in [5, 5.41) is 0. The predicted octanol–water partition coefficient (Wildman–Crippen LogP) is 7.89. The number of fused-ring (bicyclic) bond motifs is 4. The van der Waals surface area contributed by atoms with E-state index in [1.54, 1.807) is 0 Å². The standard InChI is InChI=1S/C37H27BO2/c1-4-24(3)29(5-2)28-17-20-31-34(23-28)39-33-21-18-30(26-14-10-7-11-15-26)37-36(33)38(31)32-19-16-27(22-35(32)40-37)25-12-8-6-9-13-25/h4-23H,1-2H2,3H3/b29-24+. The van der Waals surface area contributed by atoms with Crippen LogP contribution in [0.5, 0.6) is 23.0 Å². The number of ether oxygens (including phenoxy) is 2. The zero-order valence-corrected chi connectivity index (χ0v) is 22.4. The monoisotopic (exact) mass is 514 g/mol.